The number of ether oxygens (including phenoxy) is 2. The molecule has 0 amide bonds. The third kappa shape index (κ3) is 4.38. The molecule has 2 aliphatic heterocycles. The Balaban J connectivity index is 1.13. The van der Waals surface area contributed by atoms with Gasteiger partial charge in [0.15, 0.2) is 0 Å². The summed E-state index contributed by atoms with van der Waals surface area (Å²) in [6.07, 6.45) is 41.9. The van der Waals surface area contributed by atoms with E-state index in [2.05, 4.69) is 132 Å². The van der Waals surface area contributed by atoms with E-state index < -0.39 is 5.41 Å². The third-order valence-corrected chi connectivity index (χ3v) is 13.1. The van der Waals surface area contributed by atoms with Crippen LogP contribution in [-0.2, 0) is 16.6 Å². The Morgan fingerprint density at radius 2 is 1.62 bits per heavy atom. The van der Waals surface area contributed by atoms with E-state index in [0.717, 1.165) is 75.1 Å². The molecule has 11 rings (SSSR count). The van der Waals surface area contributed by atoms with Gasteiger partial charge in [-0.1, -0.05) is 91.1 Å². The van der Waals surface area contributed by atoms with Gasteiger partial charge < -0.3 is 14.0 Å². The summed E-state index contributed by atoms with van der Waals surface area (Å²) in [5.74, 6) is 4.20. The minimum absolute atomic E-state index is 0.0640. The normalized spacial score (nSPS) is 29.0. The number of rotatable bonds is 3. The van der Waals surface area contributed by atoms with Gasteiger partial charge in [-0.25, -0.2) is 0 Å². The SMILES string of the molecule is C1=CC2=C(CC1)Oc1c(C3CC=CCC3)cccc1C21C2=CCCC=C2OC2C=CC(C3CC=Cc4c3c3c(n4-c4ccccc4)C=CCC3)=CC21. The number of hydrogen-bond donors (Lipinski definition) is 0. The largest absolute Gasteiger partial charge is 0.486 e. The van der Waals surface area contributed by atoms with Gasteiger partial charge in [0.25, 0.3) is 0 Å². The van der Waals surface area contributed by atoms with E-state index in [0.29, 0.717) is 5.92 Å². The minimum Gasteiger partial charge on any atom is -0.486 e. The highest BCUT2D eigenvalue weighted by Crippen LogP contribution is 2.63. The number of benzene rings is 2. The second kappa shape index (κ2) is 12.0. The molecular formula is C49H45NO2. The summed E-state index contributed by atoms with van der Waals surface area (Å²) in [5, 5.41) is 0. The smallest absolute Gasteiger partial charge is 0.134 e. The van der Waals surface area contributed by atoms with Gasteiger partial charge >= 0.3 is 0 Å². The van der Waals surface area contributed by atoms with Crippen LogP contribution in [0.3, 0.4) is 0 Å². The van der Waals surface area contributed by atoms with Crippen molar-refractivity contribution in [1.82, 2.24) is 4.57 Å². The summed E-state index contributed by atoms with van der Waals surface area (Å²) in [5.41, 5.74) is 13.4. The molecule has 52 heavy (non-hydrogen) atoms. The van der Waals surface area contributed by atoms with Gasteiger partial charge in [-0.2, -0.15) is 0 Å². The van der Waals surface area contributed by atoms with Crippen LogP contribution in [0.2, 0.25) is 0 Å². The first-order valence-electron chi connectivity index (χ1n) is 19.8. The molecule has 6 aliphatic carbocycles. The van der Waals surface area contributed by atoms with Crippen LogP contribution < -0.4 is 4.74 Å². The molecule has 0 radical (unpaired) electrons. The molecule has 1 spiro atoms. The average Bonchev–Trinajstić information content (AvgIpc) is 3.56. The van der Waals surface area contributed by atoms with Gasteiger partial charge in [-0.3, -0.25) is 0 Å². The van der Waals surface area contributed by atoms with E-state index in [4.69, 9.17) is 9.47 Å². The Labute approximate surface area is 307 Å². The van der Waals surface area contributed by atoms with Crippen LogP contribution in [0.4, 0.5) is 0 Å². The molecule has 2 aromatic carbocycles. The van der Waals surface area contributed by atoms with E-state index in [1.807, 2.05) is 0 Å². The van der Waals surface area contributed by atoms with Crippen LogP contribution in [-0.4, -0.2) is 10.7 Å². The summed E-state index contributed by atoms with van der Waals surface area (Å²) < 4.78 is 16.7. The molecule has 258 valence electrons. The van der Waals surface area contributed by atoms with Crippen molar-refractivity contribution in [3.05, 3.63) is 177 Å². The van der Waals surface area contributed by atoms with Crippen molar-refractivity contribution in [2.24, 2.45) is 5.92 Å². The van der Waals surface area contributed by atoms with Crippen molar-refractivity contribution in [1.29, 1.82) is 0 Å². The fourth-order valence-electron chi connectivity index (χ4n) is 10.9. The highest BCUT2D eigenvalue weighted by molar-refractivity contribution is 5.73. The topological polar surface area (TPSA) is 23.4 Å². The van der Waals surface area contributed by atoms with Crippen molar-refractivity contribution in [2.75, 3.05) is 0 Å². The first-order valence-corrected chi connectivity index (χ1v) is 19.8. The number of fused-ring (bicyclic) bond motifs is 10. The standard InChI is InChI=1S/C49H45NO2/c1-3-15-32(16-4-1)36-21-13-24-40-48(36)52-45-28-12-9-23-39(45)49(40)38-22-8-11-27-44(38)51-46-30-29-33(31-41(46)49)35-20-14-26-43-47(35)37-19-7-10-25-42(37)50(43)34-17-5-2-6-18-34/h1-3,5-6,9-10,13-14,17-18,21-27,29-32,35,41,46H,4,7-8,11-12,15-16,19-20,28H2. The second-order valence-corrected chi connectivity index (χ2v) is 15.8. The number of hydrogen-bond acceptors (Lipinski definition) is 2. The number of nitrogens with zero attached hydrogens (tertiary/aromatic N) is 1. The summed E-state index contributed by atoms with van der Waals surface area (Å²) >= 11 is 0. The molecule has 0 saturated carbocycles. The zero-order valence-corrected chi connectivity index (χ0v) is 29.8. The first kappa shape index (κ1) is 30.6. The Bertz CT molecular complexity index is 2280. The van der Waals surface area contributed by atoms with Gasteiger partial charge in [-0.15, -0.1) is 0 Å². The molecule has 1 saturated heterocycles. The van der Waals surface area contributed by atoms with E-state index in [9.17, 15) is 0 Å². The Kier molecular flexibility index (Phi) is 7.07. The monoisotopic (exact) mass is 679 g/mol. The molecule has 0 N–H and O–H groups in total. The molecule has 3 heterocycles. The van der Waals surface area contributed by atoms with Crippen LogP contribution in [0, 0.1) is 5.92 Å². The third-order valence-electron chi connectivity index (χ3n) is 13.1. The lowest BCUT2D eigenvalue weighted by molar-refractivity contribution is 0.0617. The van der Waals surface area contributed by atoms with Crippen molar-refractivity contribution in [3.8, 4) is 11.4 Å². The number of aromatic nitrogens is 1. The molecule has 8 aliphatic rings. The maximum Gasteiger partial charge on any atom is 0.134 e. The fourth-order valence-corrected chi connectivity index (χ4v) is 10.9. The van der Waals surface area contributed by atoms with Crippen LogP contribution >= 0.6 is 0 Å². The summed E-state index contributed by atoms with van der Waals surface area (Å²) in [6.45, 7) is 0. The minimum atomic E-state index is -0.392. The molecule has 1 aromatic heterocycles. The molecule has 3 heteroatoms. The van der Waals surface area contributed by atoms with Crippen LogP contribution in [0.1, 0.15) is 103 Å². The predicted octanol–water partition coefficient (Wildman–Crippen LogP) is 11.8. The van der Waals surface area contributed by atoms with Gasteiger partial charge in [-0.05, 0) is 122 Å². The van der Waals surface area contributed by atoms with E-state index in [1.165, 1.54) is 62.5 Å². The van der Waals surface area contributed by atoms with Crippen molar-refractivity contribution < 1.29 is 9.47 Å². The van der Waals surface area contributed by atoms with Gasteiger partial charge in [0.1, 0.15) is 23.4 Å². The lowest BCUT2D eigenvalue weighted by Crippen LogP contribution is -2.52. The second-order valence-electron chi connectivity index (χ2n) is 15.8. The predicted molar refractivity (Wildman–Crippen MR) is 210 cm³/mol. The summed E-state index contributed by atoms with van der Waals surface area (Å²) in [7, 11) is 0. The number of para-hydroxylation sites is 2. The van der Waals surface area contributed by atoms with Gasteiger partial charge in [0.2, 0.25) is 0 Å². The van der Waals surface area contributed by atoms with E-state index in [1.54, 1.807) is 0 Å². The summed E-state index contributed by atoms with van der Waals surface area (Å²) in [4.78, 5) is 0. The Hall–Kier alpha value is -5.02. The van der Waals surface area contributed by atoms with Gasteiger partial charge in [0, 0.05) is 52.0 Å². The van der Waals surface area contributed by atoms with Crippen LogP contribution in [0.15, 0.2) is 144 Å². The zero-order chi connectivity index (χ0) is 34.2. The van der Waals surface area contributed by atoms with Crippen molar-refractivity contribution in [3.63, 3.8) is 0 Å². The van der Waals surface area contributed by atoms with E-state index in [-0.39, 0.29) is 17.9 Å². The number of allylic oxidation sites excluding steroid dienone is 13. The lowest BCUT2D eigenvalue weighted by atomic mass is 9.54. The lowest BCUT2D eigenvalue weighted by Gasteiger charge is -2.54. The maximum atomic E-state index is 7.16. The maximum absolute atomic E-state index is 7.16. The quantitative estimate of drug-likeness (QED) is 0.257. The van der Waals surface area contributed by atoms with Crippen LogP contribution in [0.5, 0.6) is 5.75 Å². The molecule has 5 atom stereocenters. The molecule has 3 nitrogen and oxygen atoms in total. The zero-order valence-electron chi connectivity index (χ0n) is 29.8. The summed E-state index contributed by atoms with van der Waals surface area (Å²) in [6, 6.07) is 18.0. The highest BCUT2D eigenvalue weighted by Gasteiger charge is 2.58. The van der Waals surface area contributed by atoms with E-state index >= 15 is 0 Å². The van der Waals surface area contributed by atoms with Gasteiger partial charge in [0.05, 0.1) is 5.41 Å². The molecule has 0 bridgehead atoms. The molecule has 5 unspecified atom stereocenters. The molecular weight excluding hydrogens is 635 g/mol. The fraction of sp³-hybridized carbons (Fsp3) is 0.306. The molecule has 3 aromatic rings. The Morgan fingerprint density at radius 3 is 2.54 bits per heavy atom. The highest BCUT2D eigenvalue weighted by atomic mass is 16.5. The average molecular weight is 680 g/mol. The van der Waals surface area contributed by atoms with Crippen LogP contribution in [0.25, 0.3) is 17.8 Å². The first-order chi connectivity index (χ1) is 25.8. The van der Waals surface area contributed by atoms with Crippen molar-refractivity contribution in [2.45, 2.75) is 87.6 Å². The molecule has 1 fully saturated rings. The van der Waals surface area contributed by atoms with Crippen molar-refractivity contribution >= 4 is 12.2 Å². The Morgan fingerprint density at radius 1 is 0.731 bits per heavy atom.